The lowest BCUT2D eigenvalue weighted by atomic mass is 10.1. The molecule has 190 valence electrons. The van der Waals surface area contributed by atoms with Crippen molar-refractivity contribution in [3.8, 4) is 0 Å². The highest BCUT2D eigenvalue weighted by Gasteiger charge is 2.43. The molecule has 0 spiro atoms. The van der Waals surface area contributed by atoms with Crippen molar-refractivity contribution < 1.29 is 23.5 Å². The largest absolute Gasteiger partial charge is 0.462 e. The van der Waals surface area contributed by atoms with Crippen LogP contribution in [-0.2, 0) is 27.4 Å². The number of hydrogen-bond donors (Lipinski definition) is 1. The van der Waals surface area contributed by atoms with Crippen molar-refractivity contribution in [2.24, 2.45) is 0 Å². The molecule has 1 aliphatic rings. The first-order valence-corrected chi connectivity index (χ1v) is 12.2. The van der Waals surface area contributed by atoms with Crippen LogP contribution in [0.2, 0.25) is 0 Å². The highest BCUT2D eigenvalue weighted by atomic mass is 32.1. The summed E-state index contributed by atoms with van der Waals surface area (Å²) >= 11 is 5.66. The van der Waals surface area contributed by atoms with E-state index in [-0.39, 0.29) is 43.7 Å². The number of nitrogens with one attached hydrogen (secondary N) is 1. The van der Waals surface area contributed by atoms with Crippen LogP contribution in [-0.4, -0.2) is 45.3 Å². The molecule has 1 saturated heterocycles. The maximum atomic E-state index is 13.4. The summed E-state index contributed by atoms with van der Waals surface area (Å²) in [5.41, 5.74) is 2.53. The molecular formula is C28H26FN3O4S. The van der Waals surface area contributed by atoms with E-state index in [1.54, 1.807) is 48.2 Å². The summed E-state index contributed by atoms with van der Waals surface area (Å²) in [6.07, 6.45) is -0.134. The molecule has 3 aromatic carbocycles. The average molecular weight is 520 g/mol. The predicted octanol–water partition coefficient (Wildman–Crippen LogP) is 4.53. The van der Waals surface area contributed by atoms with Crippen LogP contribution in [0.15, 0.2) is 78.9 Å². The van der Waals surface area contributed by atoms with E-state index in [0.717, 1.165) is 11.1 Å². The molecule has 1 aliphatic heterocycles. The maximum absolute atomic E-state index is 13.4. The third-order valence-electron chi connectivity index (χ3n) is 5.91. The molecule has 3 aromatic rings. The molecule has 0 unspecified atom stereocenters. The number of carbonyl (C=O) groups excluding carboxylic acids is 3. The van der Waals surface area contributed by atoms with Crippen LogP contribution in [0.1, 0.15) is 34.8 Å². The van der Waals surface area contributed by atoms with E-state index < -0.39 is 12.0 Å². The molecule has 7 nitrogen and oxygen atoms in total. The summed E-state index contributed by atoms with van der Waals surface area (Å²) in [5, 5.41) is 3.09. The molecule has 2 amide bonds. The van der Waals surface area contributed by atoms with E-state index in [1.165, 1.54) is 17.0 Å². The number of nitrogens with zero attached hydrogens (tertiary/aromatic N) is 2. The lowest BCUT2D eigenvalue weighted by molar-refractivity contribution is -0.131. The Morgan fingerprint density at radius 3 is 2.24 bits per heavy atom. The van der Waals surface area contributed by atoms with Crippen molar-refractivity contribution in [2.45, 2.75) is 32.5 Å². The van der Waals surface area contributed by atoms with E-state index in [1.807, 2.05) is 30.3 Å². The van der Waals surface area contributed by atoms with Crippen molar-refractivity contribution in [3.63, 3.8) is 0 Å². The molecule has 9 heteroatoms. The van der Waals surface area contributed by atoms with Crippen LogP contribution in [0.5, 0.6) is 0 Å². The summed E-state index contributed by atoms with van der Waals surface area (Å²) in [4.78, 5) is 41.5. The van der Waals surface area contributed by atoms with Gasteiger partial charge in [0.15, 0.2) is 5.11 Å². The van der Waals surface area contributed by atoms with Crippen LogP contribution in [0, 0.1) is 5.82 Å². The molecule has 4 rings (SSSR count). The number of hydrogen-bond acceptors (Lipinski definition) is 5. The third kappa shape index (κ3) is 6.37. The maximum Gasteiger partial charge on any atom is 0.338 e. The van der Waals surface area contributed by atoms with Crippen LogP contribution in [0.3, 0.4) is 0 Å². The van der Waals surface area contributed by atoms with Gasteiger partial charge < -0.3 is 15.0 Å². The first-order chi connectivity index (χ1) is 17.9. The highest BCUT2D eigenvalue weighted by Crippen LogP contribution is 2.26. The van der Waals surface area contributed by atoms with Crippen LogP contribution >= 0.6 is 12.2 Å². The van der Waals surface area contributed by atoms with Crippen molar-refractivity contribution in [1.29, 1.82) is 0 Å². The van der Waals surface area contributed by atoms with Crippen LogP contribution < -0.4 is 5.32 Å². The molecule has 0 radical (unpaired) electrons. The van der Waals surface area contributed by atoms with Crippen LogP contribution in [0.4, 0.5) is 10.1 Å². The quantitative estimate of drug-likeness (QED) is 0.331. The van der Waals surface area contributed by atoms with Gasteiger partial charge in [-0.15, -0.1) is 0 Å². The Balaban J connectivity index is 1.50. The topological polar surface area (TPSA) is 78.9 Å². The number of amides is 2. The number of thiocarbonyl (C=S) groups is 1. The zero-order valence-electron chi connectivity index (χ0n) is 20.2. The van der Waals surface area contributed by atoms with Crippen molar-refractivity contribution >= 4 is 40.8 Å². The highest BCUT2D eigenvalue weighted by molar-refractivity contribution is 7.80. The molecule has 37 heavy (non-hydrogen) atoms. The minimum Gasteiger partial charge on any atom is -0.462 e. The van der Waals surface area contributed by atoms with E-state index in [2.05, 4.69) is 5.32 Å². The second kappa shape index (κ2) is 11.7. The van der Waals surface area contributed by atoms with Gasteiger partial charge in [-0.05, 0) is 66.7 Å². The van der Waals surface area contributed by atoms with E-state index in [0.29, 0.717) is 16.4 Å². The van der Waals surface area contributed by atoms with E-state index in [4.69, 9.17) is 17.0 Å². The smallest absolute Gasteiger partial charge is 0.338 e. The van der Waals surface area contributed by atoms with Gasteiger partial charge in [-0.3, -0.25) is 14.5 Å². The zero-order valence-corrected chi connectivity index (χ0v) is 21.0. The third-order valence-corrected chi connectivity index (χ3v) is 6.37. The lowest BCUT2D eigenvalue weighted by Crippen LogP contribution is -2.37. The molecule has 0 saturated carbocycles. The SMILES string of the molecule is CCOC(=O)c1ccc(NC(=O)C[C@H]2C(=O)N(Cc3ccccc3)C(=S)N2Cc2ccc(F)cc2)cc1. The zero-order chi connectivity index (χ0) is 26.4. The standard InChI is InChI=1S/C28H26FN3O4S/c1-2-36-27(35)21-10-14-23(15-11-21)30-25(33)16-24-26(34)32(18-19-6-4-3-5-7-19)28(37)31(24)17-20-8-12-22(29)13-9-20/h3-15,24H,2,16-18H2,1H3,(H,30,33)/t24-/m0/s1. The van der Waals surface area contributed by atoms with Crippen LogP contribution in [0.25, 0.3) is 0 Å². The van der Waals surface area contributed by atoms with Gasteiger partial charge in [0.25, 0.3) is 5.91 Å². The molecule has 0 aliphatic carbocycles. The Kier molecular flexibility index (Phi) is 8.25. The minimum atomic E-state index is -0.819. The summed E-state index contributed by atoms with van der Waals surface area (Å²) < 4.78 is 18.4. The Hall–Kier alpha value is -4.11. The number of carbonyl (C=O) groups is 3. The minimum absolute atomic E-state index is 0.134. The van der Waals surface area contributed by atoms with Gasteiger partial charge in [0.1, 0.15) is 11.9 Å². The second-order valence-corrected chi connectivity index (χ2v) is 8.88. The Labute approximate surface area is 219 Å². The number of anilines is 1. The first-order valence-electron chi connectivity index (χ1n) is 11.8. The van der Waals surface area contributed by atoms with Gasteiger partial charge in [0.05, 0.1) is 25.1 Å². The molecular weight excluding hydrogens is 493 g/mol. The molecule has 0 bridgehead atoms. The number of halogens is 1. The Bertz CT molecular complexity index is 1280. The fourth-order valence-corrected chi connectivity index (χ4v) is 4.41. The lowest BCUT2D eigenvalue weighted by Gasteiger charge is -2.24. The van der Waals surface area contributed by atoms with Gasteiger partial charge in [0, 0.05) is 12.2 Å². The van der Waals surface area contributed by atoms with Gasteiger partial charge in [0.2, 0.25) is 5.91 Å². The van der Waals surface area contributed by atoms with Crippen molar-refractivity contribution in [3.05, 3.63) is 101 Å². The fourth-order valence-electron chi connectivity index (χ4n) is 4.06. The van der Waals surface area contributed by atoms with E-state index >= 15 is 0 Å². The molecule has 1 atom stereocenters. The predicted molar refractivity (Wildman–Crippen MR) is 141 cm³/mol. The number of rotatable bonds is 9. The Morgan fingerprint density at radius 2 is 1.59 bits per heavy atom. The average Bonchev–Trinajstić information content (AvgIpc) is 3.10. The molecule has 0 aromatic heterocycles. The van der Waals surface area contributed by atoms with E-state index in [9.17, 15) is 18.8 Å². The van der Waals surface area contributed by atoms with Gasteiger partial charge >= 0.3 is 5.97 Å². The summed E-state index contributed by atoms with van der Waals surface area (Å²) in [5.74, 6) is -1.46. The second-order valence-electron chi connectivity index (χ2n) is 8.51. The van der Waals surface area contributed by atoms with Crippen molar-refractivity contribution in [1.82, 2.24) is 9.80 Å². The summed E-state index contributed by atoms with van der Waals surface area (Å²) in [6, 6.07) is 20.9. The number of ether oxygens (including phenoxy) is 1. The molecule has 1 heterocycles. The summed E-state index contributed by atoms with van der Waals surface area (Å²) in [6.45, 7) is 2.53. The summed E-state index contributed by atoms with van der Waals surface area (Å²) in [7, 11) is 0. The van der Waals surface area contributed by atoms with Gasteiger partial charge in [-0.1, -0.05) is 42.5 Å². The first kappa shape index (κ1) is 26.0. The fraction of sp³-hybridized carbons (Fsp3) is 0.214. The number of esters is 1. The Morgan fingerprint density at radius 1 is 0.946 bits per heavy atom. The van der Waals surface area contributed by atoms with Gasteiger partial charge in [-0.2, -0.15) is 0 Å². The molecule has 1 fully saturated rings. The molecule has 1 N–H and O–H groups in total. The van der Waals surface area contributed by atoms with Gasteiger partial charge in [-0.25, -0.2) is 9.18 Å². The number of benzene rings is 3. The van der Waals surface area contributed by atoms with Crippen molar-refractivity contribution in [2.75, 3.05) is 11.9 Å². The normalized spacial score (nSPS) is 15.1. The monoisotopic (exact) mass is 519 g/mol.